The predicted molar refractivity (Wildman–Crippen MR) is 89.8 cm³/mol. The highest BCUT2D eigenvalue weighted by Gasteiger charge is 2.15. The van der Waals surface area contributed by atoms with Crippen LogP contribution in [0.1, 0.15) is 11.1 Å². The topological polar surface area (TPSA) is 63.9 Å². The van der Waals surface area contributed by atoms with E-state index in [0.29, 0.717) is 13.1 Å². The van der Waals surface area contributed by atoms with E-state index in [4.69, 9.17) is 0 Å². The van der Waals surface area contributed by atoms with Crippen molar-refractivity contribution in [2.45, 2.75) is 19.5 Å². The average Bonchev–Trinajstić information content (AvgIpc) is 3.13. The van der Waals surface area contributed by atoms with Gasteiger partial charge >= 0.3 is 0 Å². The van der Waals surface area contributed by atoms with Crippen LogP contribution >= 0.6 is 0 Å². The smallest absolute Gasteiger partial charge is 0.244 e. The largest absolute Gasteiger partial charge is 0.336 e. The molecule has 0 atom stereocenters. The molecule has 0 aliphatic heterocycles. The van der Waals surface area contributed by atoms with Crippen LogP contribution in [0, 0.1) is 0 Å². The Morgan fingerprint density at radius 1 is 1.00 bits per heavy atom. The Hall–Kier alpha value is -3.02. The molecule has 24 heavy (non-hydrogen) atoms. The standard InChI is InChI=1S/C18H19N5O/c24-18(13-23-15-20-14-21-23)22(12-17-6-9-19-10-7-17)11-8-16-4-2-1-3-5-16/h1-7,9-10,14-15H,8,11-13H2. The van der Waals surface area contributed by atoms with Gasteiger partial charge in [-0.1, -0.05) is 30.3 Å². The summed E-state index contributed by atoms with van der Waals surface area (Å²) in [5.74, 6) is 0.0215. The number of carbonyl (C=O) groups is 1. The molecule has 6 nitrogen and oxygen atoms in total. The Morgan fingerprint density at radius 3 is 2.50 bits per heavy atom. The Balaban J connectivity index is 1.68. The van der Waals surface area contributed by atoms with Crippen LogP contribution in [0.3, 0.4) is 0 Å². The highest BCUT2D eigenvalue weighted by Crippen LogP contribution is 2.08. The fourth-order valence-electron chi connectivity index (χ4n) is 2.46. The molecule has 0 aliphatic carbocycles. The van der Waals surface area contributed by atoms with E-state index in [-0.39, 0.29) is 12.5 Å². The number of aromatic nitrogens is 4. The van der Waals surface area contributed by atoms with Gasteiger partial charge in [0.2, 0.25) is 5.91 Å². The highest BCUT2D eigenvalue weighted by molar-refractivity contribution is 5.75. The summed E-state index contributed by atoms with van der Waals surface area (Å²) in [6.07, 6.45) is 7.29. The normalized spacial score (nSPS) is 10.5. The molecular weight excluding hydrogens is 302 g/mol. The van der Waals surface area contributed by atoms with Crippen LogP contribution in [0.2, 0.25) is 0 Å². The Bertz CT molecular complexity index is 744. The quantitative estimate of drug-likeness (QED) is 0.667. The summed E-state index contributed by atoms with van der Waals surface area (Å²) in [6.45, 7) is 1.41. The van der Waals surface area contributed by atoms with Gasteiger partial charge in [0.05, 0.1) is 0 Å². The molecule has 0 fully saturated rings. The lowest BCUT2D eigenvalue weighted by Crippen LogP contribution is -2.35. The fraction of sp³-hybridized carbons (Fsp3) is 0.222. The molecule has 3 rings (SSSR count). The molecule has 1 aromatic carbocycles. The summed E-state index contributed by atoms with van der Waals surface area (Å²) in [6, 6.07) is 14.0. The first kappa shape index (κ1) is 15.9. The maximum atomic E-state index is 12.7. The minimum absolute atomic E-state index is 0.0215. The summed E-state index contributed by atoms with van der Waals surface area (Å²) >= 11 is 0. The molecule has 2 aromatic heterocycles. The third-order valence-corrected chi connectivity index (χ3v) is 3.75. The van der Waals surface area contributed by atoms with Crippen molar-refractivity contribution in [1.82, 2.24) is 24.6 Å². The maximum Gasteiger partial charge on any atom is 0.244 e. The fourth-order valence-corrected chi connectivity index (χ4v) is 2.46. The van der Waals surface area contributed by atoms with E-state index < -0.39 is 0 Å². The van der Waals surface area contributed by atoms with Crippen molar-refractivity contribution in [1.29, 1.82) is 0 Å². The Kier molecular flexibility index (Phi) is 5.29. The molecule has 122 valence electrons. The molecule has 0 N–H and O–H groups in total. The SMILES string of the molecule is O=C(Cn1cncn1)N(CCc1ccccc1)Cc1ccncc1. The van der Waals surface area contributed by atoms with Crippen molar-refractivity contribution < 1.29 is 4.79 Å². The number of hydrogen-bond donors (Lipinski definition) is 0. The number of carbonyl (C=O) groups excluding carboxylic acids is 1. The van der Waals surface area contributed by atoms with Crippen LogP contribution in [0.15, 0.2) is 67.5 Å². The first-order chi connectivity index (χ1) is 11.8. The van der Waals surface area contributed by atoms with E-state index in [9.17, 15) is 4.79 Å². The van der Waals surface area contributed by atoms with Crippen molar-refractivity contribution in [3.63, 3.8) is 0 Å². The molecule has 6 heteroatoms. The molecule has 0 saturated carbocycles. The first-order valence-corrected chi connectivity index (χ1v) is 7.84. The molecule has 2 heterocycles. The van der Waals surface area contributed by atoms with Gasteiger partial charge in [0.15, 0.2) is 0 Å². The Labute approximate surface area is 140 Å². The second-order valence-electron chi connectivity index (χ2n) is 5.50. The number of hydrogen-bond acceptors (Lipinski definition) is 4. The van der Waals surface area contributed by atoms with Gasteiger partial charge in [0.25, 0.3) is 0 Å². The van der Waals surface area contributed by atoms with Crippen LogP contribution in [-0.2, 0) is 24.3 Å². The number of pyridine rings is 1. The van der Waals surface area contributed by atoms with E-state index in [0.717, 1.165) is 12.0 Å². The zero-order valence-corrected chi connectivity index (χ0v) is 13.3. The van der Waals surface area contributed by atoms with E-state index in [1.165, 1.54) is 11.9 Å². The van der Waals surface area contributed by atoms with Crippen molar-refractivity contribution in [2.24, 2.45) is 0 Å². The minimum atomic E-state index is 0.0215. The average molecular weight is 321 g/mol. The van der Waals surface area contributed by atoms with E-state index in [2.05, 4.69) is 27.2 Å². The number of amides is 1. The van der Waals surface area contributed by atoms with Gasteiger partial charge in [0, 0.05) is 25.5 Å². The van der Waals surface area contributed by atoms with Gasteiger partial charge in [-0.15, -0.1) is 0 Å². The van der Waals surface area contributed by atoms with Gasteiger partial charge in [-0.2, -0.15) is 5.10 Å². The monoisotopic (exact) mass is 321 g/mol. The van der Waals surface area contributed by atoms with Crippen LogP contribution in [0.5, 0.6) is 0 Å². The third-order valence-electron chi connectivity index (χ3n) is 3.75. The van der Waals surface area contributed by atoms with Crippen molar-refractivity contribution in [3.8, 4) is 0 Å². The summed E-state index contributed by atoms with van der Waals surface area (Å²) < 4.78 is 1.55. The van der Waals surface area contributed by atoms with Gasteiger partial charge in [0.1, 0.15) is 19.2 Å². The molecule has 3 aromatic rings. The molecule has 0 bridgehead atoms. The highest BCUT2D eigenvalue weighted by atomic mass is 16.2. The summed E-state index contributed by atoms with van der Waals surface area (Å²) in [4.78, 5) is 22.4. The molecule has 0 aliphatic rings. The van der Waals surface area contributed by atoms with E-state index in [1.54, 1.807) is 23.4 Å². The minimum Gasteiger partial charge on any atom is -0.336 e. The second-order valence-corrected chi connectivity index (χ2v) is 5.50. The van der Waals surface area contributed by atoms with E-state index in [1.807, 2.05) is 35.2 Å². The predicted octanol–water partition coefficient (Wildman–Crippen LogP) is 1.94. The van der Waals surface area contributed by atoms with Crippen LogP contribution < -0.4 is 0 Å². The van der Waals surface area contributed by atoms with Gasteiger partial charge < -0.3 is 4.90 Å². The lowest BCUT2D eigenvalue weighted by Gasteiger charge is -2.23. The summed E-state index contributed by atoms with van der Waals surface area (Å²) in [7, 11) is 0. The van der Waals surface area contributed by atoms with Crippen molar-refractivity contribution in [2.75, 3.05) is 6.54 Å². The molecule has 0 unspecified atom stereocenters. The first-order valence-electron chi connectivity index (χ1n) is 7.84. The van der Waals surface area contributed by atoms with Gasteiger partial charge in [-0.3, -0.25) is 9.78 Å². The molecule has 0 radical (unpaired) electrons. The van der Waals surface area contributed by atoms with Crippen molar-refractivity contribution >= 4 is 5.91 Å². The van der Waals surface area contributed by atoms with Gasteiger partial charge in [-0.05, 0) is 29.7 Å². The van der Waals surface area contributed by atoms with Crippen LogP contribution in [0.25, 0.3) is 0 Å². The summed E-state index contributed by atoms with van der Waals surface area (Å²) in [5, 5.41) is 4.01. The van der Waals surface area contributed by atoms with Crippen molar-refractivity contribution in [3.05, 3.63) is 78.6 Å². The third kappa shape index (κ3) is 4.49. The molecule has 0 spiro atoms. The number of nitrogens with zero attached hydrogens (tertiary/aromatic N) is 5. The van der Waals surface area contributed by atoms with Gasteiger partial charge in [-0.25, -0.2) is 9.67 Å². The Morgan fingerprint density at radius 2 is 1.79 bits per heavy atom. The molecule has 0 saturated heterocycles. The van der Waals surface area contributed by atoms with Crippen LogP contribution in [-0.4, -0.2) is 37.1 Å². The number of benzene rings is 1. The number of rotatable bonds is 7. The maximum absolute atomic E-state index is 12.7. The van der Waals surface area contributed by atoms with E-state index >= 15 is 0 Å². The zero-order valence-electron chi connectivity index (χ0n) is 13.3. The lowest BCUT2D eigenvalue weighted by molar-refractivity contribution is -0.132. The van der Waals surface area contributed by atoms with Crippen LogP contribution in [0.4, 0.5) is 0 Å². The summed E-state index contributed by atoms with van der Waals surface area (Å²) in [5.41, 5.74) is 2.27. The lowest BCUT2D eigenvalue weighted by atomic mass is 10.1. The second kappa shape index (κ2) is 8.01. The molecular formula is C18H19N5O. The zero-order chi connectivity index (χ0) is 16.6. The molecule has 1 amide bonds.